The van der Waals surface area contributed by atoms with Crippen LogP contribution in [0, 0.1) is 0 Å². The second kappa shape index (κ2) is 16.9. The van der Waals surface area contributed by atoms with Gasteiger partial charge in [-0.15, -0.1) is 0 Å². The molecule has 0 bridgehead atoms. The highest BCUT2D eigenvalue weighted by atomic mass is 32.1. The number of aliphatic carboxylic acids is 1. The zero-order chi connectivity index (χ0) is 30.4. The molecular weight excluding hydrogens is 570 g/mol. The third-order valence-electron chi connectivity index (χ3n) is 5.81. The van der Waals surface area contributed by atoms with Crippen LogP contribution in [0.15, 0.2) is 60.7 Å². The van der Waals surface area contributed by atoms with Crippen LogP contribution in [0.2, 0.25) is 0 Å². The van der Waals surface area contributed by atoms with E-state index in [0.717, 1.165) is 0 Å². The molecule has 0 aromatic heterocycles. The molecule has 2 aromatic carbocycles. The quantitative estimate of drug-likeness (QED) is 0.115. The first-order valence-corrected chi connectivity index (χ1v) is 13.8. The lowest BCUT2D eigenvalue weighted by atomic mass is 10.0. The van der Waals surface area contributed by atoms with E-state index in [1.54, 1.807) is 60.7 Å². The molecule has 4 atom stereocenters. The summed E-state index contributed by atoms with van der Waals surface area (Å²) < 4.78 is 0. The van der Waals surface area contributed by atoms with Crippen molar-refractivity contribution in [2.24, 2.45) is 5.73 Å². The number of hydrogen-bond donors (Lipinski definition) is 8. The number of rotatable bonds is 16. The van der Waals surface area contributed by atoms with Gasteiger partial charge in [-0.3, -0.25) is 28.8 Å². The molecule has 5 amide bonds. The zero-order valence-corrected chi connectivity index (χ0v) is 23.8. The fraction of sp³-hybridized carbons (Fsp3) is 0.333. The number of carbonyl (C=O) groups excluding carboxylic acids is 5. The molecule has 0 saturated heterocycles. The van der Waals surface area contributed by atoms with E-state index in [2.05, 4.69) is 46.5 Å². The lowest BCUT2D eigenvalue weighted by Gasteiger charge is -2.25. The number of hydrogen-bond acceptors (Lipinski definition) is 8. The van der Waals surface area contributed by atoms with Gasteiger partial charge in [-0.2, -0.15) is 25.3 Å². The van der Waals surface area contributed by atoms with Crippen molar-refractivity contribution >= 4 is 60.8 Å². The summed E-state index contributed by atoms with van der Waals surface area (Å²) in [5, 5.41) is 19.1. The number of primary amides is 1. The monoisotopic (exact) mass is 603 g/mol. The van der Waals surface area contributed by atoms with Crippen LogP contribution in [-0.4, -0.2) is 76.3 Å². The number of amides is 5. The van der Waals surface area contributed by atoms with Gasteiger partial charge in [0.05, 0.1) is 12.8 Å². The van der Waals surface area contributed by atoms with E-state index in [1.165, 1.54) is 0 Å². The Morgan fingerprint density at radius 2 is 1.12 bits per heavy atom. The molecule has 14 heteroatoms. The Hall–Kier alpha value is -4.04. The Labute approximate surface area is 248 Å². The van der Waals surface area contributed by atoms with Gasteiger partial charge in [-0.05, 0) is 11.1 Å². The molecule has 0 heterocycles. The average Bonchev–Trinajstić information content (AvgIpc) is 2.94. The average molecular weight is 604 g/mol. The predicted octanol–water partition coefficient (Wildman–Crippen LogP) is -0.769. The van der Waals surface area contributed by atoms with E-state index in [4.69, 9.17) is 5.73 Å². The predicted molar refractivity (Wildman–Crippen MR) is 157 cm³/mol. The molecule has 7 N–H and O–H groups in total. The third kappa shape index (κ3) is 11.5. The maximum absolute atomic E-state index is 13.2. The van der Waals surface area contributed by atoms with Crippen molar-refractivity contribution in [3.05, 3.63) is 71.8 Å². The molecule has 0 aliphatic rings. The smallest absolute Gasteiger partial charge is 0.305 e. The third-order valence-corrected chi connectivity index (χ3v) is 6.54. The molecule has 41 heavy (non-hydrogen) atoms. The summed E-state index contributed by atoms with van der Waals surface area (Å²) in [7, 11) is 0. The van der Waals surface area contributed by atoms with Crippen LogP contribution in [0.1, 0.15) is 17.5 Å². The molecule has 0 unspecified atom stereocenters. The van der Waals surface area contributed by atoms with Gasteiger partial charge in [0.2, 0.25) is 29.5 Å². The molecule has 12 nitrogen and oxygen atoms in total. The fourth-order valence-corrected chi connectivity index (χ4v) is 4.22. The topological polar surface area (TPSA) is 197 Å². The summed E-state index contributed by atoms with van der Waals surface area (Å²) in [6.07, 6.45) is -0.833. The first-order valence-electron chi connectivity index (χ1n) is 12.5. The summed E-state index contributed by atoms with van der Waals surface area (Å²) in [5.41, 5.74) is 6.66. The maximum Gasteiger partial charge on any atom is 0.305 e. The number of nitrogens with two attached hydrogens (primary N) is 1. The van der Waals surface area contributed by atoms with Crippen LogP contribution in [0.5, 0.6) is 0 Å². The van der Waals surface area contributed by atoms with E-state index in [9.17, 15) is 33.9 Å². The van der Waals surface area contributed by atoms with Crippen molar-refractivity contribution in [2.75, 3.05) is 11.5 Å². The van der Waals surface area contributed by atoms with Gasteiger partial charge in [-0.25, -0.2) is 0 Å². The number of carboxylic acid groups (broad SMARTS) is 1. The zero-order valence-electron chi connectivity index (χ0n) is 22.0. The Balaban J connectivity index is 2.17. The lowest BCUT2D eigenvalue weighted by Crippen LogP contribution is -2.59. The van der Waals surface area contributed by atoms with Gasteiger partial charge < -0.3 is 32.1 Å². The fourth-order valence-electron chi connectivity index (χ4n) is 3.69. The number of carbonyl (C=O) groups is 6. The van der Waals surface area contributed by atoms with Gasteiger partial charge in [0.25, 0.3) is 0 Å². The highest BCUT2D eigenvalue weighted by Crippen LogP contribution is 2.06. The first-order chi connectivity index (χ1) is 19.5. The Morgan fingerprint density at radius 3 is 1.63 bits per heavy atom. The van der Waals surface area contributed by atoms with Crippen LogP contribution in [0.25, 0.3) is 0 Å². The van der Waals surface area contributed by atoms with E-state index < -0.39 is 66.1 Å². The lowest BCUT2D eigenvalue weighted by molar-refractivity contribution is -0.141. The van der Waals surface area contributed by atoms with Gasteiger partial charge in [0.15, 0.2) is 0 Å². The number of nitrogens with one attached hydrogen (secondary N) is 4. The molecule has 0 aliphatic carbocycles. The Kier molecular flexibility index (Phi) is 13.7. The first kappa shape index (κ1) is 33.2. The van der Waals surface area contributed by atoms with E-state index in [-0.39, 0.29) is 24.3 Å². The summed E-state index contributed by atoms with van der Waals surface area (Å²) >= 11 is 8.11. The standard InChI is InChI=1S/C27H33N5O7S2/c28-24(36)20(14-40)32-25(37)18(11-16-7-3-1-4-8-16)30-26(38)19(13-23(34)35)31-27(39)21(15-41)29-22(33)12-17-9-5-2-6-10-17/h1-10,18-21,40-41H,11-15H2,(H2,28,36)(H,29,33)(H,30,38)(H,31,39)(H,32,37)(H,34,35)/t18-,19-,20-,21-/m0/s1. The largest absolute Gasteiger partial charge is 0.481 e. The van der Waals surface area contributed by atoms with Crippen molar-refractivity contribution in [2.45, 2.75) is 43.4 Å². The summed E-state index contributed by atoms with van der Waals surface area (Å²) in [6.45, 7) is 0. The van der Waals surface area contributed by atoms with Gasteiger partial charge in [0, 0.05) is 17.9 Å². The highest BCUT2D eigenvalue weighted by molar-refractivity contribution is 7.80. The molecular formula is C27H33N5O7S2. The highest BCUT2D eigenvalue weighted by Gasteiger charge is 2.32. The molecule has 0 fully saturated rings. The minimum atomic E-state index is -1.60. The van der Waals surface area contributed by atoms with Crippen LogP contribution in [-0.2, 0) is 41.6 Å². The normalized spacial score (nSPS) is 13.5. The minimum absolute atomic E-state index is 0.00764. The molecule has 0 spiro atoms. The molecule has 0 aliphatic heterocycles. The van der Waals surface area contributed by atoms with Crippen LogP contribution in [0.4, 0.5) is 0 Å². The second-order valence-corrected chi connectivity index (χ2v) is 9.75. The summed E-state index contributed by atoms with van der Waals surface area (Å²) in [4.78, 5) is 74.8. The van der Waals surface area contributed by atoms with Crippen LogP contribution in [0.3, 0.4) is 0 Å². The van der Waals surface area contributed by atoms with E-state index in [0.29, 0.717) is 11.1 Å². The van der Waals surface area contributed by atoms with E-state index in [1.807, 2.05) is 0 Å². The van der Waals surface area contributed by atoms with Crippen molar-refractivity contribution < 1.29 is 33.9 Å². The maximum atomic E-state index is 13.2. The molecule has 2 rings (SSSR count). The van der Waals surface area contributed by atoms with Crippen molar-refractivity contribution in [1.29, 1.82) is 0 Å². The Morgan fingerprint density at radius 1 is 0.659 bits per heavy atom. The van der Waals surface area contributed by atoms with Gasteiger partial charge in [0.1, 0.15) is 24.2 Å². The van der Waals surface area contributed by atoms with Gasteiger partial charge >= 0.3 is 5.97 Å². The van der Waals surface area contributed by atoms with E-state index >= 15 is 0 Å². The molecule has 0 saturated carbocycles. The van der Waals surface area contributed by atoms with Crippen LogP contribution < -0.4 is 27.0 Å². The number of thiol groups is 2. The number of carboxylic acids is 1. The second-order valence-electron chi connectivity index (χ2n) is 9.02. The minimum Gasteiger partial charge on any atom is -0.481 e. The van der Waals surface area contributed by atoms with Crippen molar-refractivity contribution in [3.63, 3.8) is 0 Å². The summed E-state index contributed by atoms with van der Waals surface area (Å²) in [6, 6.07) is 12.3. The molecule has 0 radical (unpaired) electrons. The van der Waals surface area contributed by atoms with Crippen molar-refractivity contribution in [3.8, 4) is 0 Å². The SMILES string of the molecule is NC(=O)[C@H](CS)NC(=O)[C@H](Cc1ccccc1)NC(=O)[C@H](CC(=O)O)NC(=O)[C@H](CS)NC(=O)Cc1ccccc1. The van der Waals surface area contributed by atoms with Crippen LogP contribution >= 0.6 is 25.3 Å². The Bertz CT molecular complexity index is 1220. The van der Waals surface area contributed by atoms with Crippen molar-refractivity contribution in [1.82, 2.24) is 21.3 Å². The molecule has 2 aromatic rings. The summed E-state index contributed by atoms with van der Waals surface area (Å²) in [5.74, 6) is -5.49. The molecule has 220 valence electrons. The number of benzene rings is 2. The van der Waals surface area contributed by atoms with Gasteiger partial charge in [-0.1, -0.05) is 60.7 Å².